The van der Waals surface area contributed by atoms with Crippen molar-refractivity contribution in [3.8, 4) is 5.75 Å². The summed E-state index contributed by atoms with van der Waals surface area (Å²) in [4.78, 5) is 4.61. The third-order valence-electron chi connectivity index (χ3n) is 3.09. The predicted molar refractivity (Wildman–Crippen MR) is 86.5 cm³/mol. The van der Waals surface area contributed by atoms with Crippen LogP contribution in [0.25, 0.3) is 10.8 Å². The van der Waals surface area contributed by atoms with Crippen LogP contribution in [0.15, 0.2) is 51.7 Å². The number of phenolic OH excluding ortho intramolecular Hbond substituents is 1. The Bertz CT molecular complexity index is 1030. The molecule has 0 radical (unpaired) electrons. The first-order valence-electron chi connectivity index (χ1n) is 6.42. The fourth-order valence-corrected chi connectivity index (χ4v) is 3.38. The minimum atomic E-state index is -4.47. The van der Waals surface area contributed by atoms with Gasteiger partial charge in [0.05, 0.1) is 0 Å². The molecule has 7 nitrogen and oxygen atoms in total. The quantitative estimate of drug-likeness (QED) is 0.549. The molecule has 118 valence electrons. The van der Waals surface area contributed by atoms with Crippen molar-refractivity contribution in [2.75, 3.05) is 0 Å². The van der Waals surface area contributed by atoms with Gasteiger partial charge in [-0.05, 0) is 13.0 Å². The van der Waals surface area contributed by atoms with Crippen molar-refractivity contribution in [2.24, 2.45) is 10.2 Å². The number of thiazole rings is 1. The molecule has 1 heterocycles. The second kappa shape index (κ2) is 5.69. The van der Waals surface area contributed by atoms with Gasteiger partial charge in [0.1, 0.15) is 10.6 Å². The summed E-state index contributed by atoms with van der Waals surface area (Å²) < 4.78 is 32.6. The van der Waals surface area contributed by atoms with Crippen molar-refractivity contribution < 1.29 is 18.1 Å². The lowest BCUT2D eigenvalue weighted by Gasteiger charge is -2.08. The molecular formula is C14H11N3O4S2. The van der Waals surface area contributed by atoms with E-state index in [1.54, 1.807) is 18.3 Å². The van der Waals surface area contributed by atoms with E-state index in [0.29, 0.717) is 5.13 Å². The van der Waals surface area contributed by atoms with Crippen LogP contribution in [-0.4, -0.2) is 23.1 Å². The van der Waals surface area contributed by atoms with Gasteiger partial charge in [-0.25, -0.2) is 4.98 Å². The van der Waals surface area contributed by atoms with Crippen molar-refractivity contribution in [3.05, 3.63) is 41.4 Å². The molecule has 0 amide bonds. The van der Waals surface area contributed by atoms with E-state index in [4.69, 9.17) is 0 Å². The Morgan fingerprint density at radius 1 is 1.17 bits per heavy atom. The van der Waals surface area contributed by atoms with Crippen LogP contribution < -0.4 is 0 Å². The van der Waals surface area contributed by atoms with Gasteiger partial charge in [-0.3, -0.25) is 4.55 Å². The van der Waals surface area contributed by atoms with E-state index in [1.165, 1.54) is 23.5 Å². The lowest BCUT2D eigenvalue weighted by molar-refractivity contribution is 0.480. The number of azo groups is 1. The highest BCUT2D eigenvalue weighted by atomic mass is 32.2. The summed E-state index contributed by atoms with van der Waals surface area (Å²) in [5.74, 6) is -0.218. The number of aromatic hydroxyl groups is 1. The van der Waals surface area contributed by atoms with E-state index in [-0.39, 0.29) is 27.1 Å². The van der Waals surface area contributed by atoms with Crippen LogP contribution in [0.3, 0.4) is 0 Å². The number of hydrogen-bond acceptors (Lipinski definition) is 7. The predicted octanol–water partition coefficient (Wildman–Crippen LogP) is 3.97. The topological polar surface area (TPSA) is 112 Å². The maximum Gasteiger partial charge on any atom is 0.295 e. The van der Waals surface area contributed by atoms with Gasteiger partial charge >= 0.3 is 0 Å². The molecule has 0 aliphatic heterocycles. The van der Waals surface area contributed by atoms with E-state index >= 15 is 0 Å². The van der Waals surface area contributed by atoms with Crippen LogP contribution in [0.4, 0.5) is 10.8 Å². The number of aromatic nitrogens is 1. The highest BCUT2D eigenvalue weighted by Gasteiger charge is 2.19. The molecule has 0 unspecified atom stereocenters. The highest BCUT2D eigenvalue weighted by molar-refractivity contribution is 7.86. The molecule has 3 aromatic rings. The fourth-order valence-electron chi connectivity index (χ4n) is 2.09. The van der Waals surface area contributed by atoms with Gasteiger partial charge in [0.2, 0.25) is 5.13 Å². The monoisotopic (exact) mass is 349 g/mol. The number of aryl methyl sites for hydroxylation is 1. The Labute approximate surface area is 135 Å². The summed E-state index contributed by atoms with van der Waals surface area (Å²) in [6.07, 6.45) is 1.63. The SMILES string of the molecule is Cc1cnc(/N=N/c2cc(S(=O)(=O)O)c3ccccc3c2O)s1. The van der Waals surface area contributed by atoms with Gasteiger partial charge in [-0.1, -0.05) is 35.6 Å². The number of fused-ring (bicyclic) bond motifs is 1. The third kappa shape index (κ3) is 3.07. The molecule has 0 saturated carbocycles. The zero-order valence-electron chi connectivity index (χ0n) is 11.8. The van der Waals surface area contributed by atoms with Crippen LogP contribution >= 0.6 is 11.3 Å². The van der Waals surface area contributed by atoms with Crippen LogP contribution in [0.5, 0.6) is 5.75 Å². The minimum absolute atomic E-state index is 0.0656. The van der Waals surface area contributed by atoms with Crippen molar-refractivity contribution in [1.29, 1.82) is 0 Å². The minimum Gasteiger partial charge on any atom is -0.505 e. The number of rotatable bonds is 3. The summed E-state index contributed by atoms with van der Waals surface area (Å²) in [6, 6.07) is 7.35. The fraction of sp³-hybridized carbons (Fsp3) is 0.0714. The lowest BCUT2D eigenvalue weighted by Crippen LogP contribution is -1.99. The average molecular weight is 349 g/mol. The van der Waals surface area contributed by atoms with Crippen molar-refractivity contribution in [3.63, 3.8) is 0 Å². The molecule has 23 heavy (non-hydrogen) atoms. The summed E-state index contributed by atoms with van der Waals surface area (Å²) in [6.45, 7) is 1.86. The van der Waals surface area contributed by atoms with Gasteiger partial charge in [-0.2, -0.15) is 8.42 Å². The van der Waals surface area contributed by atoms with Gasteiger partial charge in [0.25, 0.3) is 10.1 Å². The standard InChI is InChI=1S/C14H11N3O4S2/c1-8-7-15-14(22-8)17-16-11-6-12(23(19,20)21)9-4-2-3-5-10(9)13(11)18/h2-7,18H,1H3,(H,19,20,21)/b17-16+. The maximum absolute atomic E-state index is 11.6. The summed E-state index contributed by atoms with van der Waals surface area (Å²) in [5, 5.41) is 18.9. The Morgan fingerprint density at radius 2 is 1.87 bits per heavy atom. The molecule has 0 spiro atoms. The molecule has 0 atom stereocenters. The van der Waals surface area contributed by atoms with E-state index in [0.717, 1.165) is 10.9 Å². The normalized spacial score (nSPS) is 12.3. The van der Waals surface area contributed by atoms with E-state index in [9.17, 15) is 18.1 Å². The molecule has 0 aliphatic carbocycles. The molecule has 0 aliphatic rings. The van der Waals surface area contributed by atoms with Crippen LogP contribution in [0.2, 0.25) is 0 Å². The molecule has 9 heteroatoms. The Kier molecular flexibility index (Phi) is 3.84. The molecule has 0 saturated heterocycles. The van der Waals surface area contributed by atoms with Crippen LogP contribution in [-0.2, 0) is 10.1 Å². The van der Waals surface area contributed by atoms with Crippen molar-refractivity contribution in [1.82, 2.24) is 4.98 Å². The molecular weight excluding hydrogens is 338 g/mol. The van der Waals surface area contributed by atoms with E-state index in [1.807, 2.05) is 6.92 Å². The largest absolute Gasteiger partial charge is 0.505 e. The van der Waals surface area contributed by atoms with Crippen LogP contribution in [0.1, 0.15) is 4.88 Å². The molecule has 2 aromatic carbocycles. The lowest BCUT2D eigenvalue weighted by atomic mass is 10.1. The van der Waals surface area contributed by atoms with Crippen molar-refractivity contribution >= 4 is 43.0 Å². The maximum atomic E-state index is 11.6. The number of phenols is 1. The molecule has 3 rings (SSSR count). The Morgan fingerprint density at radius 3 is 2.48 bits per heavy atom. The molecule has 2 N–H and O–H groups in total. The molecule has 0 bridgehead atoms. The van der Waals surface area contributed by atoms with E-state index in [2.05, 4.69) is 15.2 Å². The molecule has 0 fully saturated rings. The van der Waals surface area contributed by atoms with Gasteiger partial charge in [0, 0.05) is 21.8 Å². The first-order valence-corrected chi connectivity index (χ1v) is 8.68. The van der Waals surface area contributed by atoms with Gasteiger partial charge in [-0.15, -0.1) is 10.2 Å². The smallest absolute Gasteiger partial charge is 0.295 e. The van der Waals surface area contributed by atoms with Crippen LogP contribution in [0, 0.1) is 6.92 Å². The summed E-state index contributed by atoms with van der Waals surface area (Å²) in [7, 11) is -4.47. The van der Waals surface area contributed by atoms with Crippen molar-refractivity contribution in [2.45, 2.75) is 11.8 Å². The van der Waals surface area contributed by atoms with Gasteiger partial charge < -0.3 is 5.11 Å². The second-order valence-corrected chi connectivity index (χ2v) is 7.32. The summed E-state index contributed by atoms with van der Waals surface area (Å²) in [5.41, 5.74) is -0.0656. The first kappa shape index (κ1) is 15.5. The Balaban J connectivity index is 2.21. The number of hydrogen-bond donors (Lipinski definition) is 2. The first-order chi connectivity index (χ1) is 10.9. The average Bonchev–Trinajstić information content (AvgIpc) is 2.91. The summed E-state index contributed by atoms with van der Waals surface area (Å²) >= 11 is 1.31. The van der Waals surface area contributed by atoms with Gasteiger partial charge in [0.15, 0.2) is 5.75 Å². The van der Waals surface area contributed by atoms with E-state index < -0.39 is 10.1 Å². The molecule has 1 aromatic heterocycles. The number of benzene rings is 2. The second-order valence-electron chi connectivity index (χ2n) is 4.72. The zero-order valence-corrected chi connectivity index (χ0v) is 13.5. The Hall–Kier alpha value is -2.36. The third-order valence-corrected chi connectivity index (χ3v) is 4.78. The highest BCUT2D eigenvalue weighted by Crippen LogP contribution is 2.39. The number of nitrogens with zero attached hydrogens (tertiary/aromatic N) is 3. The zero-order chi connectivity index (χ0) is 16.6.